The molecule has 10 aromatic rings. The van der Waals surface area contributed by atoms with Crippen molar-refractivity contribution < 1.29 is 0 Å². The van der Waals surface area contributed by atoms with Crippen LogP contribution in [0.15, 0.2) is 182 Å². The van der Waals surface area contributed by atoms with Crippen molar-refractivity contribution in [3.63, 3.8) is 0 Å². The fraction of sp³-hybridized carbons (Fsp3) is 0.0208. The molecule has 0 saturated heterocycles. The summed E-state index contributed by atoms with van der Waals surface area (Å²) in [6.07, 6.45) is 9.01. The van der Waals surface area contributed by atoms with Gasteiger partial charge in [0.05, 0.1) is 27.6 Å². The number of para-hydroxylation sites is 5. The molecule has 12 rings (SSSR count). The van der Waals surface area contributed by atoms with E-state index >= 15 is 0 Å². The smallest absolute Gasteiger partial charge is 0.235 e. The first-order chi connectivity index (χ1) is 25.8. The molecule has 4 heteroatoms. The number of rotatable bonds is 3. The third-order valence-electron chi connectivity index (χ3n) is 11.3. The molecule has 0 fully saturated rings. The highest BCUT2D eigenvalue weighted by molar-refractivity contribution is 6.28. The Morgan fingerprint density at radius 3 is 1.77 bits per heavy atom. The summed E-state index contributed by atoms with van der Waals surface area (Å²) in [5.74, 6) is 0. The number of nitrogens with zero attached hydrogens (tertiary/aromatic N) is 4. The first kappa shape index (κ1) is 27.9. The van der Waals surface area contributed by atoms with E-state index in [4.69, 9.17) is 0 Å². The fourth-order valence-electron chi connectivity index (χ4n) is 9.26. The number of allylic oxidation sites excluding steroid dienone is 4. The molecule has 2 aliphatic rings. The second kappa shape index (κ2) is 10.3. The van der Waals surface area contributed by atoms with Crippen molar-refractivity contribution in [3.8, 4) is 11.4 Å². The van der Waals surface area contributed by atoms with Gasteiger partial charge in [-0.1, -0.05) is 109 Å². The van der Waals surface area contributed by atoms with Gasteiger partial charge in [-0.2, -0.15) is 4.58 Å². The molecule has 1 unspecified atom stereocenters. The van der Waals surface area contributed by atoms with E-state index in [2.05, 4.69) is 200 Å². The van der Waals surface area contributed by atoms with Gasteiger partial charge in [-0.25, -0.2) is 0 Å². The monoisotopic (exact) mass is 663 g/mol. The number of hydrogen-bond acceptors (Lipinski definition) is 0. The number of benzene rings is 7. The molecule has 0 spiro atoms. The summed E-state index contributed by atoms with van der Waals surface area (Å²) in [6.45, 7) is 0. The van der Waals surface area contributed by atoms with Gasteiger partial charge in [0.15, 0.2) is 0 Å². The van der Waals surface area contributed by atoms with E-state index in [0.717, 1.165) is 11.4 Å². The molecule has 7 aromatic carbocycles. The van der Waals surface area contributed by atoms with Gasteiger partial charge >= 0.3 is 0 Å². The summed E-state index contributed by atoms with van der Waals surface area (Å²) in [5, 5.41) is 7.66. The van der Waals surface area contributed by atoms with Crippen LogP contribution in [0, 0.1) is 0 Å². The van der Waals surface area contributed by atoms with Gasteiger partial charge in [-0.05, 0) is 48.5 Å². The highest BCUT2D eigenvalue weighted by atomic mass is 15.2. The Hall–Kier alpha value is -6.91. The Bertz CT molecular complexity index is 3170. The van der Waals surface area contributed by atoms with E-state index < -0.39 is 0 Å². The van der Waals surface area contributed by atoms with Crippen LogP contribution in [0.4, 0.5) is 11.4 Å². The van der Waals surface area contributed by atoms with Crippen LogP contribution in [-0.2, 0) is 0 Å². The average molecular weight is 664 g/mol. The molecule has 52 heavy (non-hydrogen) atoms. The highest BCUT2D eigenvalue weighted by Gasteiger charge is 2.38. The zero-order valence-electron chi connectivity index (χ0n) is 28.2. The summed E-state index contributed by atoms with van der Waals surface area (Å²) in [5.41, 5.74) is 13.3. The van der Waals surface area contributed by atoms with E-state index in [1.54, 1.807) is 0 Å². The molecule has 0 radical (unpaired) electrons. The molecule has 1 aliphatic heterocycles. The first-order valence-electron chi connectivity index (χ1n) is 18.0. The summed E-state index contributed by atoms with van der Waals surface area (Å²) < 4.78 is 9.91. The van der Waals surface area contributed by atoms with Crippen molar-refractivity contribution in [2.45, 2.75) is 6.04 Å². The fourth-order valence-corrected chi connectivity index (χ4v) is 9.26. The van der Waals surface area contributed by atoms with Gasteiger partial charge in [-0.15, -0.1) is 0 Å². The van der Waals surface area contributed by atoms with Crippen LogP contribution in [-0.4, -0.2) is 19.4 Å². The predicted molar refractivity (Wildman–Crippen MR) is 218 cm³/mol. The average Bonchev–Trinajstić information content (AvgIpc) is 3.85. The quantitative estimate of drug-likeness (QED) is 0.168. The van der Waals surface area contributed by atoms with Crippen LogP contribution < -0.4 is 4.58 Å². The molecular formula is C48H31N4+. The van der Waals surface area contributed by atoms with Crippen LogP contribution in [0.3, 0.4) is 0 Å². The lowest BCUT2D eigenvalue weighted by molar-refractivity contribution is 0.781. The number of hydrogen-bond donors (Lipinski definition) is 0. The van der Waals surface area contributed by atoms with Crippen molar-refractivity contribution in [2.24, 2.45) is 0 Å². The summed E-state index contributed by atoms with van der Waals surface area (Å²) in [7, 11) is 0. The first-order valence-corrected chi connectivity index (χ1v) is 18.0. The third kappa shape index (κ3) is 3.58. The van der Waals surface area contributed by atoms with Crippen LogP contribution in [0.2, 0.25) is 0 Å². The Balaban J connectivity index is 1.12. The summed E-state index contributed by atoms with van der Waals surface area (Å²) in [4.78, 5) is 0. The molecule has 3 aromatic heterocycles. The van der Waals surface area contributed by atoms with Crippen LogP contribution in [0.5, 0.6) is 0 Å². The molecule has 0 amide bonds. The van der Waals surface area contributed by atoms with E-state index in [0.29, 0.717) is 0 Å². The number of aromatic nitrogens is 3. The molecule has 4 heterocycles. The number of fused-ring (bicyclic) bond motifs is 12. The maximum Gasteiger partial charge on any atom is 0.235 e. The second-order valence-corrected chi connectivity index (χ2v) is 13.9. The summed E-state index contributed by atoms with van der Waals surface area (Å²) in [6, 6.07) is 57.8. The Labute approximate surface area is 299 Å². The van der Waals surface area contributed by atoms with E-state index in [-0.39, 0.29) is 6.04 Å². The lowest BCUT2D eigenvalue weighted by atomic mass is 10.0. The SMILES string of the molecule is C1=CC2=[N+](c3ccc(-n4c5ccccc5c5ccccc54)cc3)c3cccc4c5c6c(ccc5n(c34)C2C=C1)c1ccccc1n6-c1ccccc1. The van der Waals surface area contributed by atoms with Crippen molar-refractivity contribution in [1.82, 2.24) is 18.3 Å². The van der Waals surface area contributed by atoms with E-state index in [9.17, 15) is 0 Å². The maximum absolute atomic E-state index is 2.57. The molecule has 1 atom stereocenters. The van der Waals surface area contributed by atoms with Crippen molar-refractivity contribution in [1.29, 1.82) is 0 Å². The molecule has 1 aliphatic carbocycles. The van der Waals surface area contributed by atoms with Crippen LogP contribution in [0.25, 0.3) is 76.8 Å². The standard InChI is InChI=1S/C48H31N4/c1-2-13-31(14-3-1)51-41-21-9-6-17-36(41)37-29-30-44-46(48(37)51)38-18-12-24-45-47(38)52(44)43-23-11-10-22-42(43)50(45)33-27-25-32(26-28-33)49-39-19-7-4-15-34(39)35-16-5-8-20-40(35)49/h1-30,43H/q+1. The van der Waals surface area contributed by atoms with E-state index in [1.807, 2.05) is 0 Å². The normalized spacial score (nSPS) is 15.3. The lowest BCUT2D eigenvalue weighted by Crippen LogP contribution is -2.30. The van der Waals surface area contributed by atoms with Gasteiger partial charge in [0.2, 0.25) is 17.1 Å². The van der Waals surface area contributed by atoms with Crippen molar-refractivity contribution >= 4 is 82.5 Å². The molecule has 0 N–H and O–H groups in total. The molecule has 0 bridgehead atoms. The zero-order chi connectivity index (χ0) is 33.9. The lowest BCUT2D eigenvalue weighted by Gasteiger charge is -2.24. The van der Waals surface area contributed by atoms with Gasteiger partial charge in [0.25, 0.3) is 0 Å². The van der Waals surface area contributed by atoms with Gasteiger partial charge in [-0.3, -0.25) is 0 Å². The third-order valence-corrected chi connectivity index (χ3v) is 11.3. The summed E-state index contributed by atoms with van der Waals surface area (Å²) >= 11 is 0. The topological polar surface area (TPSA) is 17.8 Å². The van der Waals surface area contributed by atoms with Crippen LogP contribution >= 0.6 is 0 Å². The van der Waals surface area contributed by atoms with Crippen molar-refractivity contribution in [2.75, 3.05) is 0 Å². The predicted octanol–water partition coefficient (Wildman–Crippen LogP) is 11.9. The molecule has 242 valence electrons. The Kier molecular flexibility index (Phi) is 5.53. The minimum atomic E-state index is 0.0453. The van der Waals surface area contributed by atoms with Gasteiger partial charge < -0.3 is 13.7 Å². The minimum Gasteiger partial charge on any atom is -0.318 e. The van der Waals surface area contributed by atoms with Crippen LogP contribution in [0.1, 0.15) is 6.04 Å². The molecule has 0 saturated carbocycles. The maximum atomic E-state index is 2.57. The Morgan fingerprint density at radius 2 is 1.04 bits per heavy atom. The van der Waals surface area contributed by atoms with Crippen molar-refractivity contribution in [3.05, 3.63) is 182 Å². The Morgan fingerprint density at radius 1 is 0.423 bits per heavy atom. The molecular weight excluding hydrogens is 633 g/mol. The van der Waals surface area contributed by atoms with Gasteiger partial charge in [0, 0.05) is 68.0 Å². The van der Waals surface area contributed by atoms with E-state index in [1.165, 1.54) is 82.5 Å². The zero-order valence-corrected chi connectivity index (χ0v) is 28.2. The second-order valence-electron chi connectivity index (χ2n) is 13.9. The molecule has 4 nitrogen and oxygen atoms in total. The largest absolute Gasteiger partial charge is 0.318 e. The minimum absolute atomic E-state index is 0.0453. The van der Waals surface area contributed by atoms with Gasteiger partial charge in [0.1, 0.15) is 11.6 Å². The highest BCUT2D eigenvalue weighted by Crippen LogP contribution is 2.47.